The Balaban J connectivity index is 2.11. The number of hydrogen-bond donors (Lipinski definition) is 2. The molecule has 2 rings (SSSR count). The van der Waals surface area contributed by atoms with Gasteiger partial charge in [-0.1, -0.05) is 0 Å². The first-order valence-electron chi connectivity index (χ1n) is 5.04. The van der Waals surface area contributed by atoms with Crippen LogP contribution in [-0.2, 0) is 11.3 Å². The highest BCUT2D eigenvalue weighted by atomic mass is 16.2. The summed E-state index contributed by atoms with van der Waals surface area (Å²) in [5.41, 5.74) is 6.07. The second-order valence-electron chi connectivity index (χ2n) is 3.51. The number of aromatic nitrogens is 2. The van der Waals surface area contributed by atoms with Crippen molar-refractivity contribution in [2.75, 3.05) is 18.0 Å². The highest BCUT2D eigenvalue weighted by Crippen LogP contribution is 2.15. The van der Waals surface area contributed by atoms with Crippen molar-refractivity contribution < 1.29 is 9.59 Å². The lowest BCUT2D eigenvalue weighted by Crippen LogP contribution is -2.49. The summed E-state index contributed by atoms with van der Waals surface area (Å²) in [4.78, 5) is 24.0. The molecular formula is C9H13N5O2. The van der Waals surface area contributed by atoms with E-state index in [1.807, 2.05) is 0 Å². The van der Waals surface area contributed by atoms with Crippen LogP contribution >= 0.6 is 0 Å². The molecule has 1 aromatic heterocycles. The van der Waals surface area contributed by atoms with Crippen molar-refractivity contribution in [2.45, 2.75) is 13.0 Å². The fourth-order valence-corrected chi connectivity index (χ4v) is 1.56. The standard InChI is InChI=1S/C9H13N5O2/c10-2-4-13-6-7(5-11-13)14-3-1-8(15)12-9(14)16/h5-6H,1-4,10H2,(H,12,15,16). The minimum absolute atomic E-state index is 0.240. The predicted molar refractivity (Wildman–Crippen MR) is 56.8 cm³/mol. The third-order valence-electron chi connectivity index (χ3n) is 2.34. The van der Waals surface area contributed by atoms with Gasteiger partial charge in [-0.25, -0.2) is 4.79 Å². The van der Waals surface area contributed by atoms with Gasteiger partial charge in [-0.05, 0) is 0 Å². The van der Waals surface area contributed by atoms with Gasteiger partial charge < -0.3 is 5.73 Å². The van der Waals surface area contributed by atoms with Crippen molar-refractivity contribution in [3.63, 3.8) is 0 Å². The maximum absolute atomic E-state index is 11.5. The summed E-state index contributed by atoms with van der Waals surface area (Å²) in [6.07, 6.45) is 3.64. The third kappa shape index (κ3) is 2.03. The van der Waals surface area contributed by atoms with E-state index in [1.165, 1.54) is 4.90 Å². The summed E-state index contributed by atoms with van der Waals surface area (Å²) in [6.45, 7) is 1.49. The van der Waals surface area contributed by atoms with E-state index < -0.39 is 6.03 Å². The number of carbonyl (C=O) groups excluding carboxylic acids is 2. The summed E-state index contributed by atoms with van der Waals surface area (Å²) in [5.74, 6) is -0.240. The van der Waals surface area contributed by atoms with E-state index in [4.69, 9.17) is 5.73 Å². The van der Waals surface area contributed by atoms with Gasteiger partial charge in [0, 0.05) is 25.7 Å². The van der Waals surface area contributed by atoms with E-state index in [9.17, 15) is 9.59 Å². The smallest absolute Gasteiger partial charge is 0.328 e. The van der Waals surface area contributed by atoms with Gasteiger partial charge in [0.05, 0.1) is 18.4 Å². The van der Waals surface area contributed by atoms with Crippen LogP contribution in [-0.4, -0.2) is 34.8 Å². The van der Waals surface area contributed by atoms with E-state index in [2.05, 4.69) is 10.4 Å². The Kier molecular flexibility index (Phi) is 2.86. The third-order valence-corrected chi connectivity index (χ3v) is 2.34. The molecule has 0 atom stereocenters. The molecule has 0 saturated carbocycles. The molecule has 0 bridgehead atoms. The van der Waals surface area contributed by atoms with Crippen molar-refractivity contribution >= 4 is 17.6 Å². The van der Waals surface area contributed by atoms with Gasteiger partial charge >= 0.3 is 6.03 Å². The second kappa shape index (κ2) is 4.31. The minimum atomic E-state index is -0.399. The molecule has 0 aliphatic carbocycles. The minimum Gasteiger partial charge on any atom is -0.329 e. The highest BCUT2D eigenvalue weighted by Gasteiger charge is 2.24. The maximum atomic E-state index is 11.5. The Hall–Kier alpha value is -1.89. The molecule has 2 heterocycles. The van der Waals surface area contributed by atoms with E-state index >= 15 is 0 Å². The van der Waals surface area contributed by atoms with Crippen LogP contribution < -0.4 is 16.0 Å². The Labute approximate surface area is 92.2 Å². The first kappa shape index (κ1) is 10.6. The molecule has 1 saturated heterocycles. The number of hydrogen-bond acceptors (Lipinski definition) is 4. The van der Waals surface area contributed by atoms with Gasteiger partial charge in [0.15, 0.2) is 0 Å². The van der Waals surface area contributed by atoms with Crippen LogP contribution in [0, 0.1) is 0 Å². The summed E-state index contributed by atoms with van der Waals surface area (Å²) >= 11 is 0. The summed E-state index contributed by atoms with van der Waals surface area (Å²) in [6, 6.07) is -0.399. The first-order chi connectivity index (χ1) is 7.70. The average Bonchev–Trinajstić information content (AvgIpc) is 2.67. The fraction of sp³-hybridized carbons (Fsp3) is 0.444. The predicted octanol–water partition coefficient (Wildman–Crippen LogP) is -0.712. The number of nitrogens with one attached hydrogen (secondary N) is 1. The number of nitrogens with two attached hydrogens (primary N) is 1. The van der Waals surface area contributed by atoms with Crippen LogP contribution in [0.4, 0.5) is 10.5 Å². The Morgan fingerprint density at radius 1 is 1.50 bits per heavy atom. The van der Waals surface area contributed by atoms with Crippen molar-refractivity contribution in [3.8, 4) is 0 Å². The van der Waals surface area contributed by atoms with Crippen LogP contribution in [0.5, 0.6) is 0 Å². The summed E-state index contributed by atoms with van der Waals surface area (Å²) in [7, 11) is 0. The molecule has 0 spiro atoms. The first-order valence-corrected chi connectivity index (χ1v) is 5.04. The molecule has 7 nitrogen and oxygen atoms in total. The van der Waals surface area contributed by atoms with Crippen LogP contribution in [0.15, 0.2) is 12.4 Å². The summed E-state index contributed by atoms with van der Waals surface area (Å²) in [5, 5.41) is 6.32. The number of carbonyl (C=O) groups is 2. The van der Waals surface area contributed by atoms with Crippen LogP contribution in [0.2, 0.25) is 0 Å². The van der Waals surface area contributed by atoms with E-state index in [-0.39, 0.29) is 5.91 Å². The molecule has 86 valence electrons. The molecule has 0 aromatic carbocycles. The zero-order valence-electron chi connectivity index (χ0n) is 8.72. The average molecular weight is 223 g/mol. The number of rotatable bonds is 3. The van der Waals surface area contributed by atoms with Gasteiger partial charge in [0.2, 0.25) is 5.91 Å². The van der Waals surface area contributed by atoms with Crippen LogP contribution in [0.25, 0.3) is 0 Å². The Morgan fingerprint density at radius 2 is 2.31 bits per heavy atom. The Morgan fingerprint density at radius 3 is 3.00 bits per heavy atom. The van der Waals surface area contributed by atoms with E-state index in [0.717, 1.165) is 0 Å². The molecule has 1 aromatic rings. The molecular weight excluding hydrogens is 210 g/mol. The van der Waals surface area contributed by atoms with Crippen molar-refractivity contribution in [3.05, 3.63) is 12.4 Å². The highest BCUT2D eigenvalue weighted by molar-refractivity contribution is 6.05. The fourth-order valence-electron chi connectivity index (χ4n) is 1.56. The Bertz CT molecular complexity index is 414. The number of anilines is 1. The van der Waals surface area contributed by atoms with Crippen molar-refractivity contribution in [1.29, 1.82) is 0 Å². The van der Waals surface area contributed by atoms with Crippen molar-refractivity contribution in [1.82, 2.24) is 15.1 Å². The number of nitrogens with zero attached hydrogens (tertiary/aromatic N) is 3. The lowest BCUT2D eigenvalue weighted by atomic mass is 10.3. The second-order valence-corrected chi connectivity index (χ2v) is 3.51. The zero-order chi connectivity index (χ0) is 11.5. The zero-order valence-corrected chi connectivity index (χ0v) is 8.72. The van der Waals surface area contributed by atoms with E-state index in [1.54, 1.807) is 17.1 Å². The van der Waals surface area contributed by atoms with Crippen LogP contribution in [0.1, 0.15) is 6.42 Å². The van der Waals surface area contributed by atoms with Gasteiger partial charge in [-0.3, -0.25) is 19.7 Å². The van der Waals surface area contributed by atoms with Gasteiger partial charge in [-0.2, -0.15) is 5.10 Å². The van der Waals surface area contributed by atoms with Gasteiger partial charge in [0.1, 0.15) is 0 Å². The van der Waals surface area contributed by atoms with Gasteiger partial charge in [0.25, 0.3) is 0 Å². The molecule has 1 aliphatic heterocycles. The SMILES string of the molecule is NCCn1cc(N2CCC(=O)NC2=O)cn1. The van der Waals surface area contributed by atoms with Gasteiger partial charge in [-0.15, -0.1) is 0 Å². The lowest BCUT2D eigenvalue weighted by Gasteiger charge is -2.24. The molecule has 3 N–H and O–H groups in total. The molecule has 16 heavy (non-hydrogen) atoms. The molecule has 7 heteroatoms. The number of imide groups is 1. The quantitative estimate of drug-likeness (QED) is 0.707. The van der Waals surface area contributed by atoms with E-state index in [0.29, 0.717) is 31.7 Å². The molecule has 1 fully saturated rings. The number of amides is 3. The molecule has 0 radical (unpaired) electrons. The monoisotopic (exact) mass is 223 g/mol. The molecule has 3 amide bonds. The topological polar surface area (TPSA) is 93.2 Å². The van der Waals surface area contributed by atoms with Crippen molar-refractivity contribution in [2.24, 2.45) is 5.73 Å². The number of urea groups is 1. The molecule has 1 aliphatic rings. The summed E-state index contributed by atoms with van der Waals surface area (Å²) < 4.78 is 1.67. The normalized spacial score (nSPS) is 16.4. The largest absolute Gasteiger partial charge is 0.329 e. The van der Waals surface area contributed by atoms with Crippen LogP contribution in [0.3, 0.4) is 0 Å². The molecule has 0 unspecified atom stereocenters. The lowest BCUT2D eigenvalue weighted by molar-refractivity contribution is -0.120. The maximum Gasteiger partial charge on any atom is 0.328 e.